The van der Waals surface area contributed by atoms with Crippen LogP contribution >= 0.6 is 11.8 Å². The van der Waals surface area contributed by atoms with Gasteiger partial charge >= 0.3 is 12.1 Å². The van der Waals surface area contributed by atoms with Crippen molar-refractivity contribution in [2.75, 3.05) is 6.61 Å². The standard InChI is InChI=1S/C19H21NO4S/c1-3-23-18(21)17(25-16-11-9-14(2)10-12-16)20-19(22)24-13-15-7-5-4-6-8-15/h4-12,17H,3,13H2,1-2H3,(H,20,22). The Hall–Kier alpha value is -2.47. The van der Waals surface area contributed by atoms with Crippen molar-refractivity contribution in [1.82, 2.24) is 5.32 Å². The van der Waals surface area contributed by atoms with Crippen molar-refractivity contribution < 1.29 is 19.1 Å². The molecule has 2 rings (SSSR count). The van der Waals surface area contributed by atoms with Crippen LogP contribution in [0.25, 0.3) is 0 Å². The van der Waals surface area contributed by atoms with E-state index in [1.54, 1.807) is 6.92 Å². The van der Waals surface area contributed by atoms with Crippen molar-refractivity contribution in [2.24, 2.45) is 0 Å². The molecule has 5 nitrogen and oxygen atoms in total. The molecule has 2 aromatic carbocycles. The number of ether oxygens (including phenoxy) is 2. The molecule has 1 amide bonds. The molecule has 0 saturated carbocycles. The summed E-state index contributed by atoms with van der Waals surface area (Å²) in [5.41, 5.74) is 1.99. The monoisotopic (exact) mass is 359 g/mol. The number of carbonyl (C=O) groups excluding carboxylic acids is 2. The van der Waals surface area contributed by atoms with Crippen molar-refractivity contribution in [1.29, 1.82) is 0 Å². The van der Waals surface area contributed by atoms with E-state index in [9.17, 15) is 9.59 Å². The molecule has 132 valence electrons. The Morgan fingerprint density at radius 3 is 2.36 bits per heavy atom. The average Bonchev–Trinajstić information content (AvgIpc) is 2.62. The number of carbonyl (C=O) groups is 2. The minimum Gasteiger partial charge on any atom is -0.464 e. The molecule has 2 aromatic rings. The number of rotatable bonds is 7. The summed E-state index contributed by atoms with van der Waals surface area (Å²) in [5.74, 6) is -0.510. The summed E-state index contributed by atoms with van der Waals surface area (Å²) in [4.78, 5) is 25.0. The second-order valence-corrected chi connectivity index (χ2v) is 6.45. The molecule has 1 atom stereocenters. The molecule has 0 fully saturated rings. The third kappa shape index (κ3) is 6.51. The second kappa shape index (κ2) is 9.74. The SMILES string of the molecule is CCOC(=O)C(NC(=O)OCc1ccccc1)Sc1ccc(C)cc1. The van der Waals surface area contributed by atoms with Gasteiger partial charge in [0.25, 0.3) is 0 Å². The van der Waals surface area contributed by atoms with Gasteiger partial charge in [-0.2, -0.15) is 0 Å². The highest BCUT2D eigenvalue weighted by Crippen LogP contribution is 2.23. The molecule has 0 radical (unpaired) electrons. The molecule has 25 heavy (non-hydrogen) atoms. The third-order valence-corrected chi connectivity index (χ3v) is 4.33. The van der Waals surface area contributed by atoms with Crippen LogP contribution in [0.5, 0.6) is 0 Å². The summed E-state index contributed by atoms with van der Waals surface area (Å²) in [6.07, 6.45) is -0.665. The largest absolute Gasteiger partial charge is 0.464 e. The molecular formula is C19H21NO4S. The molecule has 1 unspecified atom stereocenters. The molecule has 1 N–H and O–H groups in total. The summed E-state index contributed by atoms with van der Waals surface area (Å²) >= 11 is 1.21. The lowest BCUT2D eigenvalue weighted by molar-refractivity contribution is -0.143. The zero-order chi connectivity index (χ0) is 18.1. The van der Waals surface area contributed by atoms with Gasteiger partial charge in [0.05, 0.1) is 6.61 Å². The maximum atomic E-state index is 12.1. The van der Waals surface area contributed by atoms with Crippen LogP contribution in [-0.4, -0.2) is 24.0 Å². The number of esters is 1. The summed E-state index contributed by atoms with van der Waals surface area (Å²) in [6.45, 7) is 4.08. The summed E-state index contributed by atoms with van der Waals surface area (Å²) in [6, 6.07) is 17.0. The Balaban J connectivity index is 1.96. The van der Waals surface area contributed by atoms with Crippen LogP contribution in [0, 0.1) is 6.92 Å². The highest BCUT2D eigenvalue weighted by molar-refractivity contribution is 8.00. The van der Waals surface area contributed by atoms with E-state index in [1.165, 1.54) is 11.8 Å². The van der Waals surface area contributed by atoms with E-state index in [0.717, 1.165) is 16.0 Å². The van der Waals surface area contributed by atoms with Crippen LogP contribution in [0.2, 0.25) is 0 Å². The Bertz CT molecular complexity index is 688. The number of aryl methyl sites for hydroxylation is 1. The van der Waals surface area contributed by atoms with Crippen molar-refractivity contribution in [3.8, 4) is 0 Å². The van der Waals surface area contributed by atoms with Gasteiger partial charge in [-0.3, -0.25) is 5.32 Å². The molecule has 0 bridgehead atoms. The first kappa shape index (κ1) is 18.9. The Labute approximate surface area is 151 Å². The Morgan fingerprint density at radius 1 is 1.04 bits per heavy atom. The minimum atomic E-state index is -0.870. The fourth-order valence-corrected chi connectivity index (χ4v) is 2.86. The van der Waals surface area contributed by atoms with Gasteiger partial charge in [-0.1, -0.05) is 59.8 Å². The summed E-state index contributed by atoms with van der Waals surface area (Å²) in [5, 5.41) is 1.69. The quantitative estimate of drug-likeness (QED) is 0.461. The summed E-state index contributed by atoms with van der Waals surface area (Å²) < 4.78 is 10.2. The molecule has 0 heterocycles. The van der Waals surface area contributed by atoms with E-state index < -0.39 is 17.4 Å². The molecule has 0 aliphatic heterocycles. The van der Waals surface area contributed by atoms with Crippen molar-refractivity contribution >= 4 is 23.8 Å². The molecule has 6 heteroatoms. The van der Waals surface area contributed by atoms with E-state index in [1.807, 2.05) is 61.5 Å². The predicted molar refractivity (Wildman–Crippen MR) is 97.2 cm³/mol. The van der Waals surface area contributed by atoms with Gasteiger partial charge < -0.3 is 9.47 Å². The van der Waals surface area contributed by atoms with Crippen LogP contribution < -0.4 is 5.32 Å². The average molecular weight is 359 g/mol. The van der Waals surface area contributed by atoms with Gasteiger partial charge in [-0.15, -0.1) is 0 Å². The zero-order valence-corrected chi connectivity index (χ0v) is 15.0. The van der Waals surface area contributed by atoms with E-state index in [2.05, 4.69) is 5.32 Å². The smallest absolute Gasteiger partial charge is 0.408 e. The van der Waals surface area contributed by atoms with Crippen molar-refractivity contribution in [3.05, 3.63) is 65.7 Å². The fourth-order valence-electron chi connectivity index (χ4n) is 1.98. The number of nitrogens with one attached hydrogen (secondary N) is 1. The molecule has 0 aromatic heterocycles. The van der Waals surface area contributed by atoms with Crippen molar-refractivity contribution in [3.63, 3.8) is 0 Å². The van der Waals surface area contributed by atoms with E-state index in [0.29, 0.717) is 0 Å². The van der Waals surface area contributed by atoms with Crippen LogP contribution in [0.4, 0.5) is 4.79 Å². The number of benzene rings is 2. The lowest BCUT2D eigenvalue weighted by atomic mass is 10.2. The van der Waals surface area contributed by atoms with Gasteiger partial charge in [0.15, 0.2) is 5.37 Å². The van der Waals surface area contributed by atoms with E-state index >= 15 is 0 Å². The first-order chi connectivity index (χ1) is 12.1. The van der Waals surface area contributed by atoms with Crippen molar-refractivity contribution in [2.45, 2.75) is 30.7 Å². The predicted octanol–water partition coefficient (Wildman–Crippen LogP) is 3.90. The lowest BCUT2D eigenvalue weighted by Gasteiger charge is -2.17. The Morgan fingerprint density at radius 2 is 1.72 bits per heavy atom. The van der Waals surface area contributed by atoms with Gasteiger partial charge in [0.1, 0.15) is 6.61 Å². The first-order valence-corrected chi connectivity index (χ1v) is 8.83. The Kier molecular flexibility index (Phi) is 7.35. The first-order valence-electron chi connectivity index (χ1n) is 7.95. The number of amides is 1. The van der Waals surface area contributed by atoms with E-state index in [4.69, 9.17) is 9.47 Å². The van der Waals surface area contributed by atoms with E-state index in [-0.39, 0.29) is 13.2 Å². The highest BCUT2D eigenvalue weighted by Gasteiger charge is 2.24. The molecular weight excluding hydrogens is 338 g/mol. The van der Waals surface area contributed by atoms with Gasteiger partial charge in [0.2, 0.25) is 0 Å². The lowest BCUT2D eigenvalue weighted by Crippen LogP contribution is -2.39. The van der Waals surface area contributed by atoms with Crippen LogP contribution in [0.15, 0.2) is 59.5 Å². The molecule has 0 aliphatic carbocycles. The number of hydrogen-bond acceptors (Lipinski definition) is 5. The van der Waals surface area contributed by atoms with Crippen LogP contribution in [-0.2, 0) is 20.9 Å². The normalized spacial score (nSPS) is 11.4. The summed E-state index contributed by atoms with van der Waals surface area (Å²) in [7, 11) is 0. The molecule has 0 aliphatic rings. The van der Waals surface area contributed by atoms with Crippen LogP contribution in [0.3, 0.4) is 0 Å². The third-order valence-electron chi connectivity index (χ3n) is 3.24. The number of alkyl carbamates (subject to hydrolysis) is 1. The van der Waals surface area contributed by atoms with Gasteiger partial charge in [-0.05, 0) is 31.5 Å². The van der Waals surface area contributed by atoms with Gasteiger partial charge in [-0.25, -0.2) is 9.59 Å². The number of thioether (sulfide) groups is 1. The topological polar surface area (TPSA) is 64.6 Å². The maximum absolute atomic E-state index is 12.1. The highest BCUT2D eigenvalue weighted by atomic mass is 32.2. The van der Waals surface area contributed by atoms with Crippen LogP contribution in [0.1, 0.15) is 18.1 Å². The van der Waals surface area contributed by atoms with Gasteiger partial charge in [0, 0.05) is 4.90 Å². The minimum absolute atomic E-state index is 0.136. The fraction of sp³-hybridized carbons (Fsp3) is 0.263. The molecule has 0 saturated heterocycles. The second-order valence-electron chi connectivity index (χ2n) is 5.27. The zero-order valence-electron chi connectivity index (χ0n) is 14.2. The maximum Gasteiger partial charge on any atom is 0.408 e. The molecule has 0 spiro atoms. The number of hydrogen-bond donors (Lipinski definition) is 1.